The molecule has 3 rings (SSSR count). The Bertz CT molecular complexity index is 761. The molecular formula is C17H12ClNO2. The van der Waals surface area contributed by atoms with Crippen LogP contribution in [0.15, 0.2) is 59.2 Å². The normalized spacial score (nSPS) is 16.0. The second kappa shape index (κ2) is 5.54. The number of carbonyl (C=O) groups excluding carboxylic acids is 1. The van der Waals surface area contributed by atoms with Gasteiger partial charge in [-0.15, -0.1) is 0 Å². The van der Waals surface area contributed by atoms with Crippen molar-refractivity contribution < 1.29 is 9.53 Å². The van der Waals surface area contributed by atoms with Crippen molar-refractivity contribution in [3.8, 4) is 11.1 Å². The summed E-state index contributed by atoms with van der Waals surface area (Å²) in [5, 5.41) is 0.704. The Kier molecular flexibility index (Phi) is 3.59. The Morgan fingerprint density at radius 2 is 1.86 bits per heavy atom. The highest BCUT2D eigenvalue weighted by atomic mass is 35.5. The van der Waals surface area contributed by atoms with Crippen LogP contribution in [0.4, 0.5) is 0 Å². The third-order valence-electron chi connectivity index (χ3n) is 3.10. The van der Waals surface area contributed by atoms with Crippen molar-refractivity contribution in [3.05, 3.63) is 64.8 Å². The monoisotopic (exact) mass is 297 g/mol. The van der Waals surface area contributed by atoms with E-state index >= 15 is 0 Å². The highest BCUT2D eigenvalue weighted by Crippen LogP contribution is 2.24. The number of cyclic esters (lactones) is 1. The van der Waals surface area contributed by atoms with Gasteiger partial charge in [0.05, 0.1) is 0 Å². The first-order valence-electron chi connectivity index (χ1n) is 6.47. The molecule has 0 fully saturated rings. The van der Waals surface area contributed by atoms with E-state index in [4.69, 9.17) is 16.3 Å². The molecular weight excluding hydrogens is 286 g/mol. The second-order valence-corrected chi connectivity index (χ2v) is 5.12. The topological polar surface area (TPSA) is 38.7 Å². The third-order valence-corrected chi connectivity index (χ3v) is 3.35. The van der Waals surface area contributed by atoms with E-state index in [0.717, 1.165) is 16.7 Å². The number of esters is 1. The predicted octanol–water partition coefficient (Wildman–Crippen LogP) is 4.32. The molecule has 1 heterocycles. The molecule has 0 spiro atoms. The lowest BCUT2D eigenvalue weighted by molar-refractivity contribution is -0.130. The number of benzene rings is 2. The summed E-state index contributed by atoms with van der Waals surface area (Å²) in [6.07, 6.45) is 1.72. The van der Waals surface area contributed by atoms with E-state index < -0.39 is 5.97 Å². The maximum Gasteiger partial charge on any atom is 0.363 e. The summed E-state index contributed by atoms with van der Waals surface area (Å²) in [7, 11) is 0. The van der Waals surface area contributed by atoms with Gasteiger partial charge < -0.3 is 4.74 Å². The fourth-order valence-electron chi connectivity index (χ4n) is 2.12. The van der Waals surface area contributed by atoms with Gasteiger partial charge in [-0.2, -0.15) is 0 Å². The molecule has 0 saturated heterocycles. The Balaban J connectivity index is 1.96. The van der Waals surface area contributed by atoms with Crippen LogP contribution in [-0.4, -0.2) is 11.9 Å². The summed E-state index contributed by atoms with van der Waals surface area (Å²) in [5.41, 5.74) is 3.33. The minimum absolute atomic E-state index is 0.320. The SMILES string of the molecule is CC1=N/C(=C\c2cccc(-c3ccc(Cl)cc3)c2)C(=O)O1. The molecule has 1 aliphatic rings. The van der Waals surface area contributed by atoms with Gasteiger partial charge in [0.15, 0.2) is 11.6 Å². The standard InChI is InChI=1S/C17H12ClNO2/c1-11-19-16(17(20)21-11)10-12-3-2-4-14(9-12)13-5-7-15(18)8-6-13/h2-10H,1H3/b16-10-. The minimum atomic E-state index is -0.413. The van der Waals surface area contributed by atoms with Crippen LogP contribution in [0.2, 0.25) is 5.02 Å². The molecule has 0 saturated carbocycles. The average Bonchev–Trinajstić information content (AvgIpc) is 2.78. The molecule has 0 unspecified atom stereocenters. The van der Waals surface area contributed by atoms with Gasteiger partial charge in [-0.25, -0.2) is 9.79 Å². The van der Waals surface area contributed by atoms with Gasteiger partial charge in [0.2, 0.25) is 0 Å². The zero-order valence-corrected chi connectivity index (χ0v) is 12.1. The molecule has 104 valence electrons. The summed E-state index contributed by atoms with van der Waals surface area (Å²) in [6, 6.07) is 15.5. The third kappa shape index (κ3) is 3.03. The molecule has 0 atom stereocenters. The van der Waals surface area contributed by atoms with Gasteiger partial charge in [-0.05, 0) is 41.0 Å². The Hall–Kier alpha value is -2.39. The molecule has 2 aromatic rings. The van der Waals surface area contributed by atoms with Crippen LogP contribution >= 0.6 is 11.6 Å². The van der Waals surface area contributed by atoms with Crippen LogP contribution in [-0.2, 0) is 9.53 Å². The Morgan fingerprint density at radius 1 is 1.10 bits per heavy atom. The van der Waals surface area contributed by atoms with E-state index in [1.807, 2.05) is 48.5 Å². The summed E-state index contributed by atoms with van der Waals surface area (Å²) in [5.74, 6) is -0.0375. The van der Waals surface area contributed by atoms with Gasteiger partial charge in [0, 0.05) is 11.9 Å². The number of hydrogen-bond donors (Lipinski definition) is 0. The van der Waals surface area contributed by atoms with Crippen LogP contribution in [0, 0.1) is 0 Å². The van der Waals surface area contributed by atoms with Gasteiger partial charge in [0.25, 0.3) is 0 Å². The number of hydrogen-bond acceptors (Lipinski definition) is 3. The molecule has 4 heteroatoms. The summed E-state index contributed by atoms with van der Waals surface area (Å²) in [4.78, 5) is 15.6. The molecule has 0 N–H and O–H groups in total. The molecule has 3 nitrogen and oxygen atoms in total. The van der Waals surface area contributed by atoms with Crippen molar-refractivity contribution in [1.29, 1.82) is 0 Å². The molecule has 0 radical (unpaired) electrons. The van der Waals surface area contributed by atoms with Crippen molar-refractivity contribution in [2.24, 2.45) is 4.99 Å². The van der Waals surface area contributed by atoms with Crippen molar-refractivity contribution in [2.75, 3.05) is 0 Å². The maximum atomic E-state index is 11.6. The summed E-state index contributed by atoms with van der Waals surface area (Å²) < 4.78 is 4.90. The van der Waals surface area contributed by atoms with Crippen LogP contribution in [0.3, 0.4) is 0 Å². The van der Waals surface area contributed by atoms with Gasteiger partial charge in [-0.1, -0.05) is 41.9 Å². The number of halogens is 1. The Morgan fingerprint density at radius 3 is 2.52 bits per heavy atom. The average molecular weight is 298 g/mol. The van der Waals surface area contributed by atoms with E-state index in [1.54, 1.807) is 13.0 Å². The molecule has 1 aliphatic heterocycles. The van der Waals surface area contributed by atoms with E-state index in [9.17, 15) is 4.79 Å². The summed E-state index contributed by atoms with van der Waals surface area (Å²) in [6.45, 7) is 1.66. The smallest absolute Gasteiger partial charge is 0.363 e. The quantitative estimate of drug-likeness (QED) is 0.611. The van der Waals surface area contributed by atoms with Gasteiger partial charge in [0.1, 0.15) is 0 Å². The van der Waals surface area contributed by atoms with Crippen LogP contribution < -0.4 is 0 Å². The van der Waals surface area contributed by atoms with E-state index in [0.29, 0.717) is 16.6 Å². The highest BCUT2D eigenvalue weighted by Gasteiger charge is 2.19. The Labute approximate surface area is 127 Å². The first kappa shape index (κ1) is 13.6. The highest BCUT2D eigenvalue weighted by molar-refractivity contribution is 6.30. The number of ether oxygens (including phenoxy) is 1. The number of nitrogens with zero attached hydrogens (tertiary/aromatic N) is 1. The van der Waals surface area contributed by atoms with Crippen molar-refractivity contribution in [2.45, 2.75) is 6.92 Å². The van der Waals surface area contributed by atoms with E-state index in [2.05, 4.69) is 4.99 Å². The molecule has 21 heavy (non-hydrogen) atoms. The fraction of sp³-hybridized carbons (Fsp3) is 0.0588. The van der Waals surface area contributed by atoms with Crippen molar-refractivity contribution >= 4 is 29.5 Å². The predicted molar refractivity (Wildman–Crippen MR) is 84.1 cm³/mol. The molecule has 0 amide bonds. The van der Waals surface area contributed by atoms with E-state index in [-0.39, 0.29) is 0 Å². The first-order chi connectivity index (χ1) is 10.1. The van der Waals surface area contributed by atoms with Crippen molar-refractivity contribution in [1.82, 2.24) is 0 Å². The minimum Gasteiger partial charge on any atom is -0.407 e. The second-order valence-electron chi connectivity index (χ2n) is 4.68. The molecule has 0 aliphatic carbocycles. The lowest BCUT2D eigenvalue weighted by Gasteiger charge is -2.03. The number of aliphatic imine (C=N–C) groups is 1. The zero-order chi connectivity index (χ0) is 14.8. The maximum absolute atomic E-state index is 11.6. The summed E-state index contributed by atoms with van der Waals surface area (Å²) >= 11 is 5.90. The van der Waals surface area contributed by atoms with E-state index in [1.165, 1.54) is 0 Å². The lowest BCUT2D eigenvalue weighted by Crippen LogP contribution is -1.99. The largest absolute Gasteiger partial charge is 0.407 e. The molecule has 2 aromatic carbocycles. The van der Waals surface area contributed by atoms with Crippen molar-refractivity contribution in [3.63, 3.8) is 0 Å². The lowest BCUT2D eigenvalue weighted by atomic mass is 10.0. The van der Waals surface area contributed by atoms with Crippen LogP contribution in [0.1, 0.15) is 12.5 Å². The fourth-order valence-corrected chi connectivity index (χ4v) is 2.25. The van der Waals surface area contributed by atoms with Gasteiger partial charge in [-0.3, -0.25) is 0 Å². The molecule has 0 aromatic heterocycles. The van der Waals surface area contributed by atoms with Gasteiger partial charge >= 0.3 is 5.97 Å². The van der Waals surface area contributed by atoms with Crippen LogP contribution in [0.5, 0.6) is 0 Å². The zero-order valence-electron chi connectivity index (χ0n) is 11.3. The number of carbonyl (C=O) groups is 1. The van der Waals surface area contributed by atoms with Crippen LogP contribution in [0.25, 0.3) is 17.2 Å². The number of rotatable bonds is 2. The first-order valence-corrected chi connectivity index (χ1v) is 6.85. The molecule has 0 bridgehead atoms.